The van der Waals surface area contributed by atoms with Crippen molar-refractivity contribution in [2.75, 3.05) is 13.6 Å². The zero-order valence-corrected chi connectivity index (χ0v) is 11.3. The number of carboxylic acids is 1. The van der Waals surface area contributed by atoms with Gasteiger partial charge in [0.1, 0.15) is 0 Å². The van der Waals surface area contributed by atoms with Crippen molar-refractivity contribution in [3.05, 3.63) is 35.4 Å². The highest BCUT2D eigenvalue weighted by Gasteiger charge is 2.13. The van der Waals surface area contributed by atoms with Crippen LogP contribution in [0.3, 0.4) is 0 Å². The Morgan fingerprint density at radius 2 is 2.00 bits per heavy atom. The Morgan fingerprint density at radius 1 is 1.37 bits per heavy atom. The molecular formula is C14H20N2O3. The predicted octanol–water partition coefficient (Wildman–Crippen LogP) is 1.12. The summed E-state index contributed by atoms with van der Waals surface area (Å²) < 4.78 is 0. The second-order valence-corrected chi connectivity index (χ2v) is 4.71. The van der Waals surface area contributed by atoms with Gasteiger partial charge in [0.15, 0.2) is 0 Å². The molecule has 1 aromatic carbocycles. The SMILES string of the molecule is CC(N)CC(=O)N(C)CCc1ccccc1C(=O)O. The van der Waals surface area contributed by atoms with E-state index in [0.717, 1.165) is 5.56 Å². The summed E-state index contributed by atoms with van der Waals surface area (Å²) in [5.74, 6) is -0.969. The number of nitrogens with two attached hydrogens (primary N) is 1. The van der Waals surface area contributed by atoms with E-state index in [-0.39, 0.29) is 17.5 Å². The second kappa shape index (κ2) is 6.89. The van der Waals surface area contributed by atoms with Gasteiger partial charge in [-0.2, -0.15) is 0 Å². The number of likely N-dealkylation sites (N-methyl/N-ethyl adjacent to an activating group) is 1. The first-order chi connectivity index (χ1) is 8.91. The van der Waals surface area contributed by atoms with Gasteiger partial charge in [0, 0.05) is 26.1 Å². The van der Waals surface area contributed by atoms with Gasteiger partial charge in [0.2, 0.25) is 5.91 Å². The number of amides is 1. The number of carboxylic acid groups (broad SMARTS) is 1. The van der Waals surface area contributed by atoms with Gasteiger partial charge in [-0.05, 0) is 25.0 Å². The van der Waals surface area contributed by atoms with E-state index >= 15 is 0 Å². The van der Waals surface area contributed by atoms with Crippen LogP contribution in [0.25, 0.3) is 0 Å². The number of aromatic carboxylic acids is 1. The van der Waals surface area contributed by atoms with Crippen LogP contribution in [0.5, 0.6) is 0 Å². The fourth-order valence-electron chi connectivity index (χ4n) is 1.79. The van der Waals surface area contributed by atoms with Crippen LogP contribution in [0.1, 0.15) is 29.3 Å². The molecule has 0 bridgehead atoms. The summed E-state index contributed by atoms with van der Waals surface area (Å²) >= 11 is 0. The molecule has 0 fully saturated rings. The first kappa shape index (κ1) is 15.2. The fourth-order valence-corrected chi connectivity index (χ4v) is 1.79. The molecule has 0 aliphatic carbocycles. The molecule has 1 amide bonds. The van der Waals surface area contributed by atoms with Crippen LogP contribution in [0.15, 0.2) is 24.3 Å². The molecule has 0 saturated heterocycles. The summed E-state index contributed by atoms with van der Waals surface area (Å²) in [6, 6.07) is 6.67. The molecule has 0 saturated carbocycles. The van der Waals surface area contributed by atoms with Gasteiger partial charge in [-0.3, -0.25) is 4.79 Å². The molecule has 1 unspecified atom stereocenters. The van der Waals surface area contributed by atoms with E-state index in [1.165, 1.54) is 0 Å². The molecule has 0 radical (unpaired) electrons. The smallest absolute Gasteiger partial charge is 0.335 e. The molecule has 3 N–H and O–H groups in total. The number of carbonyl (C=O) groups is 2. The first-order valence-electron chi connectivity index (χ1n) is 6.22. The molecule has 19 heavy (non-hydrogen) atoms. The zero-order chi connectivity index (χ0) is 14.4. The highest BCUT2D eigenvalue weighted by molar-refractivity contribution is 5.89. The Morgan fingerprint density at radius 3 is 2.58 bits per heavy atom. The van der Waals surface area contributed by atoms with Gasteiger partial charge in [0.05, 0.1) is 5.56 Å². The van der Waals surface area contributed by atoms with Crippen LogP contribution in [-0.2, 0) is 11.2 Å². The van der Waals surface area contributed by atoms with Crippen molar-refractivity contribution in [3.8, 4) is 0 Å². The zero-order valence-electron chi connectivity index (χ0n) is 11.3. The van der Waals surface area contributed by atoms with Gasteiger partial charge in [-0.1, -0.05) is 18.2 Å². The Bertz CT molecular complexity index is 458. The van der Waals surface area contributed by atoms with Crippen molar-refractivity contribution in [2.24, 2.45) is 5.73 Å². The van der Waals surface area contributed by atoms with Crippen molar-refractivity contribution >= 4 is 11.9 Å². The number of rotatable bonds is 6. The van der Waals surface area contributed by atoms with Crippen LogP contribution in [0, 0.1) is 0 Å². The predicted molar refractivity (Wildman–Crippen MR) is 73.0 cm³/mol. The van der Waals surface area contributed by atoms with E-state index in [2.05, 4.69) is 0 Å². The number of hydrogen-bond donors (Lipinski definition) is 2. The number of nitrogens with zero attached hydrogens (tertiary/aromatic N) is 1. The molecule has 0 aliphatic heterocycles. The Labute approximate surface area is 113 Å². The number of hydrogen-bond acceptors (Lipinski definition) is 3. The summed E-state index contributed by atoms with van der Waals surface area (Å²) in [6.07, 6.45) is 0.820. The van der Waals surface area contributed by atoms with Crippen molar-refractivity contribution in [1.82, 2.24) is 4.90 Å². The van der Waals surface area contributed by atoms with Crippen LogP contribution in [-0.4, -0.2) is 41.5 Å². The van der Waals surface area contributed by atoms with Crippen molar-refractivity contribution in [2.45, 2.75) is 25.8 Å². The average molecular weight is 264 g/mol. The molecule has 1 aromatic rings. The molecule has 0 aromatic heterocycles. The summed E-state index contributed by atoms with van der Waals surface area (Å²) in [4.78, 5) is 24.4. The maximum absolute atomic E-state index is 11.7. The molecular weight excluding hydrogens is 244 g/mol. The topological polar surface area (TPSA) is 83.6 Å². The fraction of sp³-hybridized carbons (Fsp3) is 0.429. The largest absolute Gasteiger partial charge is 0.478 e. The Balaban J connectivity index is 2.62. The summed E-state index contributed by atoms with van der Waals surface area (Å²) in [7, 11) is 1.70. The van der Waals surface area contributed by atoms with E-state index in [9.17, 15) is 9.59 Å². The monoisotopic (exact) mass is 264 g/mol. The van der Waals surface area contributed by atoms with Crippen LogP contribution >= 0.6 is 0 Å². The minimum absolute atomic E-state index is 0.0252. The van der Waals surface area contributed by atoms with E-state index in [0.29, 0.717) is 19.4 Å². The normalized spacial score (nSPS) is 11.9. The molecule has 1 rings (SSSR count). The third-order valence-electron chi connectivity index (χ3n) is 2.89. The Kier molecular flexibility index (Phi) is 5.51. The third-order valence-corrected chi connectivity index (χ3v) is 2.89. The van der Waals surface area contributed by atoms with E-state index in [1.807, 2.05) is 0 Å². The molecule has 1 atom stereocenters. The third kappa shape index (κ3) is 4.71. The van der Waals surface area contributed by atoms with Gasteiger partial charge in [0.25, 0.3) is 0 Å². The average Bonchev–Trinajstić information content (AvgIpc) is 2.35. The lowest BCUT2D eigenvalue weighted by Crippen LogP contribution is -2.33. The summed E-state index contributed by atoms with van der Waals surface area (Å²) in [5.41, 5.74) is 6.60. The minimum Gasteiger partial charge on any atom is -0.478 e. The van der Waals surface area contributed by atoms with Gasteiger partial charge < -0.3 is 15.7 Å². The number of carbonyl (C=O) groups excluding carboxylic acids is 1. The summed E-state index contributed by atoms with van der Waals surface area (Å²) in [5, 5.41) is 9.06. The quantitative estimate of drug-likeness (QED) is 0.806. The molecule has 0 aliphatic rings. The van der Waals surface area contributed by atoms with E-state index in [1.54, 1.807) is 43.1 Å². The molecule has 0 spiro atoms. The van der Waals surface area contributed by atoms with E-state index in [4.69, 9.17) is 10.8 Å². The van der Waals surface area contributed by atoms with Crippen molar-refractivity contribution < 1.29 is 14.7 Å². The van der Waals surface area contributed by atoms with Gasteiger partial charge in [-0.15, -0.1) is 0 Å². The second-order valence-electron chi connectivity index (χ2n) is 4.71. The lowest BCUT2D eigenvalue weighted by Gasteiger charge is -2.18. The lowest BCUT2D eigenvalue weighted by molar-refractivity contribution is -0.130. The highest BCUT2D eigenvalue weighted by atomic mass is 16.4. The lowest BCUT2D eigenvalue weighted by atomic mass is 10.0. The highest BCUT2D eigenvalue weighted by Crippen LogP contribution is 2.10. The van der Waals surface area contributed by atoms with Crippen LogP contribution in [0.2, 0.25) is 0 Å². The van der Waals surface area contributed by atoms with Gasteiger partial charge in [-0.25, -0.2) is 4.79 Å². The van der Waals surface area contributed by atoms with Crippen molar-refractivity contribution in [1.29, 1.82) is 0 Å². The van der Waals surface area contributed by atoms with Gasteiger partial charge >= 0.3 is 5.97 Å². The number of benzene rings is 1. The van der Waals surface area contributed by atoms with Crippen molar-refractivity contribution in [3.63, 3.8) is 0 Å². The standard InChI is InChI=1S/C14H20N2O3/c1-10(15)9-13(17)16(2)8-7-11-5-3-4-6-12(11)14(18)19/h3-6,10H,7-9,15H2,1-2H3,(H,18,19). The molecule has 0 heterocycles. The van der Waals surface area contributed by atoms with Crippen LogP contribution < -0.4 is 5.73 Å². The maximum Gasteiger partial charge on any atom is 0.335 e. The van der Waals surface area contributed by atoms with E-state index < -0.39 is 5.97 Å². The molecule has 5 nitrogen and oxygen atoms in total. The maximum atomic E-state index is 11.7. The summed E-state index contributed by atoms with van der Waals surface area (Å²) in [6.45, 7) is 2.27. The van der Waals surface area contributed by atoms with Crippen LogP contribution in [0.4, 0.5) is 0 Å². The molecule has 5 heteroatoms. The first-order valence-corrected chi connectivity index (χ1v) is 6.22. The minimum atomic E-state index is -0.944. The Hall–Kier alpha value is -1.88. The molecule has 104 valence electrons.